The lowest BCUT2D eigenvalue weighted by atomic mass is 9.96. The van der Waals surface area contributed by atoms with E-state index in [-0.39, 0.29) is 36.3 Å². The van der Waals surface area contributed by atoms with Gasteiger partial charge in [-0.05, 0) is 86.6 Å². The van der Waals surface area contributed by atoms with E-state index in [0.29, 0.717) is 23.2 Å². The van der Waals surface area contributed by atoms with Gasteiger partial charge in [-0.2, -0.15) is 4.98 Å². The van der Waals surface area contributed by atoms with Gasteiger partial charge in [0.05, 0.1) is 5.56 Å². The standard InChI is InChI=1S/C38H44FN9O4/c1-46(2)37(52)32-19-24-22-41-38(45-34(24)48(32)27-5-3-4-6-27)42-26-9-7-25(8-10-26)40-21-23-15-17-47(18-16-23)28-11-12-29(30(39)20-28)35(50)43-31-13-14-33(49)44-36(31)51/h7-12,19-20,22-23,27,31,40H,3-6,13-18,21H2,1-2H3,(H,43,50)(H,41,42,45)(H,44,49,51). The van der Waals surface area contributed by atoms with Crippen LogP contribution < -0.4 is 26.2 Å². The number of amides is 4. The molecule has 4 aromatic rings. The van der Waals surface area contributed by atoms with Gasteiger partial charge < -0.3 is 30.3 Å². The molecule has 3 aliphatic rings. The Morgan fingerprint density at radius 2 is 1.69 bits per heavy atom. The first-order valence-corrected chi connectivity index (χ1v) is 18.0. The molecule has 4 heterocycles. The molecule has 1 saturated carbocycles. The molecule has 4 amide bonds. The maximum absolute atomic E-state index is 15.0. The van der Waals surface area contributed by atoms with Crippen molar-refractivity contribution < 1.29 is 23.6 Å². The highest BCUT2D eigenvalue weighted by molar-refractivity contribution is 6.04. The van der Waals surface area contributed by atoms with E-state index in [0.717, 1.165) is 80.6 Å². The number of piperidine rings is 2. The first kappa shape index (κ1) is 34.9. The van der Waals surface area contributed by atoms with Crippen LogP contribution in [-0.2, 0) is 9.59 Å². The zero-order valence-electron chi connectivity index (χ0n) is 29.5. The van der Waals surface area contributed by atoms with E-state index in [1.807, 2.05) is 30.3 Å². The Morgan fingerprint density at radius 3 is 2.38 bits per heavy atom. The Bertz CT molecular complexity index is 1980. The average Bonchev–Trinajstić information content (AvgIpc) is 3.80. The van der Waals surface area contributed by atoms with E-state index >= 15 is 4.39 Å². The fraction of sp³-hybridized carbons (Fsp3) is 0.421. The predicted octanol–water partition coefficient (Wildman–Crippen LogP) is 4.99. The molecule has 14 heteroatoms. The second kappa shape index (κ2) is 15.0. The zero-order valence-corrected chi connectivity index (χ0v) is 29.5. The molecule has 52 heavy (non-hydrogen) atoms. The number of aromatic nitrogens is 3. The van der Waals surface area contributed by atoms with Crippen molar-refractivity contribution in [1.29, 1.82) is 0 Å². The maximum Gasteiger partial charge on any atom is 0.270 e. The largest absolute Gasteiger partial charge is 0.385 e. The summed E-state index contributed by atoms with van der Waals surface area (Å²) in [6, 6.07) is 13.8. The van der Waals surface area contributed by atoms with Gasteiger partial charge in [-0.1, -0.05) is 12.8 Å². The van der Waals surface area contributed by atoms with E-state index in [2.05, 4.69) is 35.7 Å². The number of rotatable bonds is 10. The fourth-order valence-corrected chi connectivity index (χ4v) is 7.40. The van der Waals surface area contributed by atoms with Gasteiger partial charge in [0.15, 0.2) is 0 Å². The number of anilines is 4. The third-order valence-electron chi connectivity index (χ3n) is 10.3. The van der Waals surface area contributed by atoms with Crippen LogP contribution in [0.25, 0.3) is 11.0 Å². The van der Waals surface area contributed by atoms with Gasteiger partial charge in [-0.3, -0.25) is 24.5 Å². The highest BCUT2D eigenvalue weighted by atomic mass is 19.1. The van der Waals surface area contributed by atoms with Crippen molar-refractivity contribution >= 4 is 57.7 Å². The molecule has 2 saturated heterocycles. The normalized spacial score (nSPS) is 18.4. The quantitative estimate of drug-likeness (QED) is 0.167. The molecule has 272 valence electrons. The van der Waals surface area contributed by atoms with Crippen molar-refractivity contribution in [2.75, 3.05) is 49.3 Å². The zero-order chi connectivity index (χ0) is 36.4. The molecule has 7 rings (SSSR count). The minimum atomic E-state index is -0.862. The first-order chi connectivity index (χ1) is 25.1. The molecule has 0 bridgehead atoms. The van der Waals surface area contributed by atoms with Crippen molar-refractivity contribution in [3.05, 3.63) is 71.8 Å². The Balaban J connectivity index is 0.907. The van der Waals surface area contributed by atoms with Gasteiger partial charge in [0, 0.05) is 74.8 Å². The summed E-state index contributed by atoms with van der Waals surface area (Å²) in [4.78, 5) is 62.1. The molecule has 2 aromatic carbocycles. The molecule has 1 unspecified atom stereocenters. The maximum atomic E-state index is 15.0. The van der Waals surface area contributed by atoms with E-state index in [1.54, 1.807) is 31.3 Å². The molecular weight excluding hydrogens is 665 g/mol. The number of imide groups is 1. The number of nitrogens with one attached hydrogen (secondary N) is 4. The number of halogens is 1. The number of carbonyl (C=O) groups excluding carboxylic acids is 4. The van der Waals surface area contributed by atoms with Crippen molar-refractivity contribution in [2.45, 2.75) is 63.5 Å². The van der Waals surface area contributed by atoms with Gasteiger partial charge >= 0.3 is 0 Å². The number of carbonyl (C=O) groups is 4. The molecular formula is C38H44FN9O4. The van der Waals surface area contributed by atoms with Crippen molar-refractivity contribution in [2.24, 2.45) is 5.92 Å². The topological polar surface area (TPSA) is 154 Å². The summed E-state index contributed by atoms with van der Waals surface area (Å²) in [5.41, 5.74) is 3.85. The van der Waals surface area contributed by atoms with Crippen LogP contribution in [-0.4, -0.2) is 82.8 Å². The minimum Gasteiger partial charge on any atom is -0.385 e. The summed E-state index contributed by atoms with van der Waals surface area (Å²) in [6.07, 6.45) is 8.30. The summed E-state index contributed by atoms with van der Waals surface area (Å²) in [6.45, 7) is 2.33. The summed E-state index contributed by atoms with van der Waals surface area (Å²) >= 11 is 0. The molecule has 4 N–H and O–H groups in total. The van der Waals surface area contributed by atoms with Crippen molar-refractivity contribution in [1.82, 2.24) is 30.1 Å². The molecule has 3 fully saturated rings. The van der Waals surface area contributed by atoms with Crippen LogP contribution in [0.5, 0.6) is 0 Å². The summed E-state index contributed by atoms with van der Waals surface area (Å²) in [7, 11) is 3.54. The number of fused-ring (bicyclic) bond motifs is 1. The smallest absolute Gasteiger partial charge is 0.270 e. The third kappa shape index (κ3) is 7.55. The lowest BCUT2D eigenvalue weighted by molar-refractivity contribution is -0.134. The Hall–Kier alpha value is -5.53. The predicted molar refractivity (Wildman–Crippen MR) is 196 cm³/mol. The molecule has 0 radical (unpaired) electrons. The van der Waals surface area contributed by atoms with Crippen LogP contribution in [0, 0.1) is 11.7 Å². The minimum absolute atomic E-state index is 0.0353. The number of nitrogens with zero attached hydrogens (tertiary/aromatic N) is 5. The van der Waals surface area contributed by atoms with Crippen molar-refractivity contribution in [3.63, 3.8) is 0 Å². The van der Waals surface area contributed by atoms with Crippen LogP contribution in [0.2, 0.25) is 0 Å². The highest BCUT2D eigenvalue weighted by Gasteiger charge is 2.30. The van der Waals surface area contributed by atoms with E-state index in [1.165, 1.54) is 12.1 Å². The van der Waals surface area contributed by atoms with Gasteiger partial charge in [0.2, 0.25) is 17.8 Å². The molecule has 1 aliphatic carbocycles. The van der Waals surface area contributed by atoms with Gasteiger partial charge in [0.1, 0.15) is 23.2 Å². The van der Waals surface area contributed by atoms with E-state index in [4.69, 9.17) is 4.98 Å². The Labute approximate surface area is 301 Å². The molecule has 2 aromatic heterocycles. The summed E-state index contributed by atoms with van der Waals surface area (Å²) in [5.74, 6) is -1.40. The van der Waals surface area contributed by atoms with Crippen LogP contribution >= 0.6 is 0 Å². The number of benzene rings is 2. The van der Waals surface area contributed by atoms with Crippen LogP contribution in [0.15, 0.2) is 54.7 Å². The second-order valence-electron chi connectivity index (χ2n) is 14.2. The average molecular weight is 710 g/mol. The second-order valence-corrected chi connectivity index (χ2v) is 14.2. The lowest BCUT2D eigenvalue weighted by Gasteiger charge is -2.34. The molecule has 0 spiro atoms. The Morgan fingerprint density at radius 1 is 0.962 bits per heavy atom. The SMILES string of the molecule is CN(C)C(=O)c1cc2cnc(Nc3ccc(NCC4CCN(c5ccc(C(=O)NC6CCC(=O)NC6=O)c(F)c5)CC4)cc3)nc2n1C1CCCC1. The summed E-state index contributed by atoms with van der Waals surface area (Å²) in [5, 5.41) is 12.4. The molecule has 1 atom stereocenters. The van der Waals surface area contributed by atoms with Crippen LogP contribution in [0.4, 0.5) is 27.4 Å². The van der Waals surface area contributed by atoms with Gasteiger partial charge in [-0.15, -0.1) is 0 Å². The van der Waals surface area contributed by atoms with Gasteiger partial charge in [-0.25, -0.2) is 9.37 Å². The lowest BCUT2D eigenvalue weighted by Crippen LogP contribution is -2.52. The first-order valence-electron chi connectivity index (χ1n) is 18.0. The molecule has 2 aliphatic heterocycles. The van der Waals surface area contributed by atoms with E-state index in [9.17, 15) is 19.2 Å². The highest BCUT2D eigenvalue weighted by Crippen LogP contribution is 2.35. The fourth-order valence-electron chi connectivity index (χ4n) is 7.40. The van der Waals surface area contributed by atoms with Crippen LogP contribution in [0.1, 0.15) is 78.3 Å². The molecule has 13 nitrogen and oxygen atoms in total. The van der Waals surface area contributed by atoms with E-state index < -0.39 is 23.7 Å². The number of hydrogen-bond acceptors (Lipinski definition) is 9. The third-order valence-corrected chi connectivity index (χ3v) is 10.3. The number of hydrogen-bond donors (Lipinski definition) is 4. The summed E-state index contributed by atoms with van der Waals surface area (Å²) < 4.78 is 17.1. The van der Waals surface area contributed by atoms with Crippen LogP contribution in [0.3, 0.4) is 0 Å². The van der Waals surface area contributed by atoms with Crippen molar-refractivity contribution in [3.8, 4) is 0 Å². The monoisotopic (exact) mass is 709 g/mol. The Kier molecular flexibility index (Phi) is 10.1. The van der Waals surface area contributed by atoms with Gasteiger partial charge in [0.25, 0.3) is 11.8 Å².